The van der Waals surface area contributed by atoms with Gasteiger partial charge in [0.05, 0.1) is 0 Å². The topological polar surface area (TPSA) is 107 Å². The molecule has 126 valence electrons. The van der Waals surface area contributed by atoms with E-state index in [1.54, 1.807) is 42.6 Å². The van der Waals surface area contributed by atoms with E-state index in [9.17, 15) is 14.4 Å². The van der Waals surface area contributed by atoms with Crippen molar-refractivity contribution in [2.45, 2.75) is 13.5 Å². The third kappa shape index (κ3) is 3.69. The lowest BCUT2D eigenvalue weighted by molar-refractivity contribution is -0.116. The third-order valence-corrected chi connectivity index (χ3v) is 3.46. The van der Waals surface area contributed by atoms with Gasteiger partial charge in [-0.25, -0.2) is 9.36 Å². The summed E-state index contributed by atoms with van der Waals surface area (Å²) in [4.78, 5) is 39.4. The number of nitrogens with one attached hydrogen (secondary N) is 1. The van der Waals surface area contributed by atoms with Crippen LogP contribution in [0.1, 0.15) is 17.3 Å². The fraction of sp³-hybridized carbons (Fsp3) is 0.118. The van der Waals surface area contributed by atoms with Crippen molar-refractivity contribution in [1.82, 2.24) is 14.7 Å². The van der Waals surface area contributed by atoms with Gasteiger partial charge in [0, 0.05) is 29.2 Å². The molecule has 2 heterocycles. The molecule has 8 nitrogen and oxygen atoms in total. The lowest BCUT2D eigenvalue weighted by atomic mass is 10.1. The highest BCUT2D eigenvalue weighted by Crippen LogP contribution is 2.15. The van der Waals surface area contributed by atoms with Gasteiger partial charge >= 0.3 is 5.76 Å². The molecule has 1 amide bonds. The minimum absolute atomic E-state index is 0.106. The highest BCUT2D eigenvalue weighted by molar-refractivity contribution is 5.97. The molecule has 0 atom stereocenters. The Bertz CT molecular complexity index is 976. The second kappa shape index (κ2) is 6.91. The van der Waals surface area contributed by atoms with Gasteiger partial charge in [-0.05, 0) is 31.2 Å². The Labute approximate surface area is 142 Å². The normalized spacial score (nSPS) is 10.4. The average Bonchev–Trinajstić information content (AvgIpc) is 2.96. The highest BCUT2D eigenvalue weighted by Gasteiger charge is 2.16. The lowest BCUT2D eigenvalue weighted by Gasteiger charge is -2.07. The molecule has 0 aliphatic rings. The van der Waals surface area contributed by atoms with Crippen LogP contribution in [0.5, 0.6) is 0 Å². The molecule has 0 spiro atoms. The molecule has 0 aliphatic heterocycles. The van der Waals surface area contributed by atoms with Gasteiger partial charge in [-0.15, -0.1) is 0 Å². The molecular weight excluding hydrogens is 324 g/mol. The minimum Gasteiger partial charge on any atom is -0.325 e. The molecule has 0 saturated heterocycles. The number of rotatable bonds is 5. The van der Waals surface area contributed by atoms with Gasteiger partial charge in [0.15, 0.2) is 11.6 Å². The van der Waals surface area contributed by atoms with E-state index in [-0.39, 0.29) is 18.2 Å². The maximum Gasteiger partial charge on any atom is 0.442 e. The number of nitrogens with zero attached hydrogens (tertiary/aromatic N) is 3. The maximum atomic E-state index is 12.3. The molecule has 1 N–H and O–H groups in total. The van der Waals surface area contributed by atoms with Gasteiger partial charge < -0.3 is 5.32 Å². The Kier molecular flexibility index (Phi) is 4.51. The second-order valence-corrected chi connectivity index (χ2v) is 5.29. The fourth-order valence-corrected chi connectivity index (χ4v) is 2.27. The summed E-state index contributed by atoms with van der Waals surface area (Å²) in [5, 5.41) is 6.34. The van der Waals surface area contributed by atoms with Gasteiger partial charge in [-0.1, -0.05) is 17.3 Å². The Balaban J connectivity index is 1.80. The largest absolute Gasteiger partial charge is 0.442 e. The summed E-state index contributed by atoms with van der Waals surface area (Å²) in [5.74, 6) is -1.08. The van der Waals surface area contributed by atoms with Crippen LogP contribution in [0.4, 0.5) is 5.69 Å². The SMILES string of the molecule is CC(=O)c1cccc(NC(=O)Cn2c(-c3cccnc3)noc2=O)c1. The van der Waals surface area contributed by atoms with Crippen molar-refractivity contribution < 1.29 is 14.1 Å². The van der Waals surface area contributed by atoms with Gasteiger partial charge in [0.25, 0.3) is 0 Å². The third-order valence-electron chi connectivity index (χ3n) is 3.46. The van der Waals surface area contributed by atoms with Crippen LogP contribution in [-0.2, 0) is 11.3 Å². The van der Waals surface area contributed by atoms with Gasteiger partial charge in [0.2, 0.25) is 5.91 Å². The number of ketones is 1. The summed E-state index contributed by atoms with van der Waals surface area (Å²) in [6.45, 7) is 1.16. The molecule has 2 aromatic heterocycles. The van der Waals surface area contributed by atoms with E-state index in [1.165, 1.54) is 13.1 Å². The number of hydrogen-bond acceptors (Lipinski definition) is 6. The first-order valence-corrected chi connectivity index (χ1v) is 7.42. The van der Waals surface area contributed by atoms with Crippen LogP contribution >= 0.6 is 0 Å². The van der Waals surface area contributed by atoms with E-state index in [0.717, 1.165) is 4.57 Å². The Morgan fingerprint density at radius 1 is 1.24 bits per heavy atom. The van der Waals surface area contributed by atoms with Crippen LogP contribution in [0.25, 0.3) is 11.4 Å². The summed E-state index contributed by atoms with van der Waals surface area (Å²) in [5.41, 5.74) is 1.50. The first kappa shape index (κ1) is 16.3. The Morgan fingerprint density at radius 3 is 2.80 bits per heavy atom. The number of aromatic nitrogens is 3. The Hall–Kier alpha value is -3.55. The standard InChI is InChI=1S/C17H14N4O4/c1-11(22)12-4-2-6-14(8-12)19-15(23)10-21-16(20-25-17(21)24)13-5-3-7-18-9-13/h2-9H,10H2,1H3,(H,19,23). The van der Waals surface area contributed by atoms with Crippen molar-refractivity contribution in [1.29, 1.82) is 0 Å². The van der Waals surface area contributed by atoms with Crippen LogP contribution in [0.2, 0.25) is 0 Å². The summed E-state index contributed by atoms with van der Waals surface area (Å²) >= 11 is 0. The van der Waals surface area contributed by atoms with E-state index in [0.29, 0.717) is 16.8 Å². The van der Waals surface area contributed by atoms with E-state index >= 15 is 0 Å². The molecule has 1 aromatic carbocycles. The van der Waals surface area contributed by atoms with Crippen molar-refractivity contribution in [3.8, 4) is 11.4 Å². The van der Waals surface area contributed by atoms with Crippen molar-refractivity contribution in [3.05, 3.63) is 64.9 Å². The molecule has 0 unspecified atom stereocenters. The predicted molar refractivity (Wildman–Crippen MR) is 89.1 cm³/mol. The number of carbonyl (C=O) groups is 2. The molecule has 25 heavy (non-hydrogen) atoms. The highest BCUT2D eigenvalue weighted by atomic mass is 16.5. The van der Waals surface area contributed by atoms with Gasteiger partial charge in [0.1, 0.15) is 6.54 Å². The van der Waals surface area contributed by atoms with Crippen molar-refractivity contribution in [3.63, 3.8) is 0 Å². The number of Topliss-reactive ketones (excluding diaryl/α,β-unsaturated/α-hetero) is 1. The lowest BCUT2D eigenvalue weighted by Crippen LogP contribution is -2.25. The number of carbonyl (C=O) groups excluding carboxylic acids is 2. The molecule has 3 rings (SSSR count). The van der Waals surface area contributed by atoms with Gasteiger partial charge in [-0.2, -0.15) is 0 Å². The summed E-state index contributed by atoms with van der Waals surface area (Å²) < 4.78 is 5.77. The smallest absolute Gasteiger partial charge is 0.325 e. The molecule has 0 fully saturated rings. The number of benzene rings is 1. The number of amides is 1. The second-order valence-electron chi connectivity index (χ2n) is 5.29. The van der Waals surface area contributed by atoms with E-state index < -0.39 is 11.7 Å². The Morgan fingerprint density at radius 2 is 2.08 bits per heavy atom. The summed E-state index contributed by atoms with van der Waals surface area (Å²) in [7, 11) is 0. The zero-order valence-corrected chi connectivity index (χ0v) is 13.3. The number of pyridine rings is 1. The van der Waals surface area contributed by atoms with E-state index in [2.05, 4.69) is 20.0 Å². The quantitative estimate of drug-likeness (QED) is 0.710. The molecule has 0 aliphatic carbocycles. The van der Waals surface area contributed by atoms with E-state index in [1.807, 2.05) is 0 Å². The zero-order valence-electron chi connectivity index (χ0n) is 13.3. The van der Waals surface area contributed by atoms with Crippen LogP contribution in [-0.4, -0.2) is 26.4 Å². The minimum atomic E-state index is -0.744. The van der Waals surface area contributed by atoms with Crippen molar-refractivity contribution >= 4 is 17.4 Å². The summed E-state index contributed by atoms with van der Waals surface area (Å²) in [6, 6.07) is 9.94. The first-order chi connectivity index (χ1) is 12.0. The molecule has 0 saturated carbocycles. The van der Waals surface area contributed by atoms with Crippen LogP contribution in [0, 0.1) is 0 Å². The molecule has 0 radical (unpaired) electrons. The fourth-order valence-electron chi connectivity index (χ4n) is 2.27. The van der Waals surface area contributed by atoms with Crippen LogP contribution in [0.15, 0.2) is 58.1 Å². The van der Waals surface area contributed by atoms with Crippen LogP contribution < -0.4 is 11.1 Å². The van der Waals surface area contributed by atoms with Crippen molar-refractivity contribution in [2.24, 2.45) is 0 Å². The summed E-state index contributed by atoms with van der Waals surface area (Å²) in [6.07, 6.45) is 3.10. The molecule has 8 heteroatoms. The monoisotopic (exact) mass is 338 g/mol. The maximum absolute atomic E-state index is 12.3. The number of anilines is 1. The first-order valence-electron chi connectivity index (χ1n) is 7.42. The zero-order chi connectivity index (χ0) is 17.8. The van der Waals surface area contributed by atoms with Gasteiger partial charge in [-0.3, -0.25) is 19.1 Å². The van der Waals surface area contributed by atoms with Crippen LogP contribution in [0.3, 0.4) is 0 Å². The molecular formula is C17H14N4O4. The average molecular weight is 338 g/mol. The predicted octanol–water partition coefficient (Wildman–Crippen LogP) is 1.74. The number of hydrogen-bond donors (Lipinski definition) is 1. The molecule has 0 bridgehead atoms. The molecule has 3 aromatic rings. The van der Waals surface area contributed by atoms with E-state index in [4.69, 9.17) is 0 Å². The van der Waals surface area contributed by atoms with Crippen molar-refractivity contribution in [2.75, 3.05) is 5.32 Å².